The fourth-order valence-electron chi connectivity index (χ4n) is 4.55. The summed E-state index contributed by atoms with van der Waals surface area (Å²) in [6, 6.07) is 8.40. The molecule has 164 valence electrons. The Kier molecular flexibility index (Phi) is 5.79. The predicted octanol–water partition coefficient (Wildman–Crippen LogP) is 3.68. The Bertz CT molecular complexity index is 1010. The minimum atomic E-state index is -0.631. The average Bonchev–Trinajstić information content (AvgIpc) is 3.39. The molecule has 0 saturated carbocycles. The number of pyridine rings is 1. The van der Waals surface area contributed by atoms with Crippen molar-refractivity contribution in [3.8, 4) is 11.1 Å². The van der Waals surface area contributed by atoms with Gasteiger partial charge in [0.05, 0.1) is 17.3 Å². The van der Waals surface area contributed by atoms with E-state index in [4.69, 9.17) is 0 Å². The summed E-state index contributed by atoms with van der Waals surface area (Å²) in [5.74, 6) is -0.191. The van der Waals surface area contributed by atoms with E-state index in [1.165, 1.54) is 6.07 Å². The van der Waals surface area contributed by atoms with E-state index in [-0.39, 0.29) is 23.7 Å². The summed E-state index contributed by atoms with van der Waals surface area (Å²) in [6.45, 7) is 5.21. The van der Waals surface area contributed by atoms with Crippen molar-refractivity contribution in [2.24, 2.45) is 0 Å². The lowest BCUT2D eigenvalue weighted by Gasteiger charge is -2.29. The zero-order valence-electron chi connectivity index (χ0n) is 18.3. The first-order chi connectivity index (χ1) is 14.8. The van der Waals surface area contributed by atoms with Gasteiger partial charge in [0.2, 0.25) is 11.8 Å². The highest BCUT2D eigenvalue weighted by Crippen LogP contribution is 2.35. The molecule has 1 N–H and O–H groups in total. The van der Waals surface area contributed by atoms with Gasteiger partial charge >= 0.3 is 0 Å². The number of hydrogen-bond donors (Lipinski definition) is 1. The van der Waals surface area contributed by atoms with Gasteiger partial charge in [-0.15, -0.1) is 0 Å². The van der Waals surface area contributed by atoms with E-state index < -0.39 is 5.54 Å². The van der Waals surface area contributed by atoms with Gasteiger partial charge < -0.3 is 9.80 Å². The lowest BCUT2D eigenvalue weighted by molar-refractivity contribution is -0.135. The number of halogens is 1. The molecular weight excluding hydrogens is 395 g/mol. The second-order valence-electron chi connectivity index (χ2n) is 8.67. The van der Waals surface area contributed by atoms with Crippen LogP contribution < -0.4 is 10.2 Å². The second kappa shape index (κ2) is 8.38. The van der Waals surface area contributed by atoms with Crippen LogP contribution in [0.5, 0.6) is 0 Å². The molecule has 4 rings (SSSR count). The van der Waals surface area contributed by atoms with E-state index in [1.807, 2.05) is 27.0 Å². The number of anilines is 1. The quantitative estimate of drug-likeness (QED) is 0.795. The first-order valence-electron chi connectivity index (χ1n) is 10.9. The van der Waals surface area contributed by atoms with E-state index in [1.54, 1.807) is 34.2 Å². The molecule has 1 aromatic carbocycles. The Labute approximate surface area is 182 Å². The van der Waals surface area contributed by atoms with E-state index in [2.05, 4.69) is 10.3 Å². The summed E-state index contributed by atoms with van der Waals surface area (Å²) in [5.41, 5.74) is 2.04. The Morgan fingerprint density at radius 2 is 2.16 bits per heavy atom. The number of likely N-dealkylation sites (N-methyl/N-ethyl adjacent to an activating group) is 1. The van der Waals surface area contributed by atoms with Crippen molar-refractivity contribution in [2.75, 3.05) is 25.0 Å². The van der Waals surface area contributed by atoms with Crippen LogP contribution in [0.3, 0.4) is 0 Å². The molecule has 0 spiro atoms. The largest absolute Gasteiger partial charge is 0.344 e. The molecular formula is C24H29FN4O2. The molecule has 0 aliphatic carbocycles. The van der Waals surface area contributed by atoms with Crippen LogP contribution >= 0.6 is 0 Å². The van der Waals surface area contributed by atoms with Crippen LogP contribution in [-0.4, -0.2) is 47.4 Å². The van der Waals surface area contributed by atoms with Gasteiger partial charge in [-0.1, -0.05) is 0 Å². The summed E-state index contributed by atoms with van der Waals surface area (Å²) < 4.78 is 14.7. The summed E-state index contributed by atoms with van der Waals surface area (Å²) in [5, 5.41) is 3.45. The molecule has 7 heteroatoms. The SMILES string of the molecule is CCN(C)C(=O)[C@@]1(C)CC[C@H](c2cc(-c3cc(N4CCCC4=O)ccc3F)ccn2)N1. The zero-order chi connectivity index (χ0) is 22.2. The smallest absolute Gasteiger partial charge is 0.242 e. The third-order valence-electron chi connectivity index (χ3n) is 6.50. The predicted molar refractivity (Wildman–Crippen MR) is 118 cm³/mol. The van der Waals surface area contributed by atoms with Crippen molar-refractivity contribution < 1.29 is 14.0 Å². The summed E-state index contributed by atoms with van der Waals surface area (Å²) >= 11 is 0. The highest BCUT2D eigenvalue weighted by molar-refractivity contribution is 5.96. The molecule has 2 saturated heterocycles. The third kappa shape index (κ3) is 4.06. The van der Waals surface area contributed by atoms with Crippen molar-refractivity contribution in [2.45, 2.75) is 51.1 Å². The van der Waals surface area contributed by atoms with Gasteiger partial charge in [-0.05, 0) is 69.0 Å². The van der Waals surface area contributed by atoms with Gasteiger partial charge in [0, 0.05) is 44.0 Å². The highest BCUT2D eigenvalue weighted by atomic mass is 19.1. The van der Waals surface area contributed by atoms with Crippen molar-refractivity contribution in [1.82, 2.24) is 15.2 Å². The van der Waals surface area contributed by atoms with Crippen LogP contribution in [0.25, 0.3) is 11.1 Å². The number of benzene rings is 1. The molecule has 0 radical (unpaired) electrons. The number of carbonyl (C=O) groups excluding carboxylic acids is 2. The number of aromatic nitrogens is 1. The van der Waals surface area contributed by atoms with Crippen LogP contribution in [0.2, 0.25) is 0 Å². The second-order valence-corrected chi connectivity index (χ2v) is 8.67. The minimum absolute atomic E-state index is 0.0719. The monoisotopic (exact) mass is 424 g/mol. The minimum Gasteiger partial charge on any atom is -0.344 e. The van der Waals surface area contributed by atoms with E-state index in [9.17, 15) is 14.0 Å². The fourth-order valence-corrected chi connectivity index (χ4v) is 4.55. The fraction of sp³-hybridized carbons (Fsp3) is 0.458. The molecule has 2 fully saturated rings. The van der Waals surface area contributed by atoms with Gasteiger partial charge in [-0.3, -0.25) is 19.9 Å². The lowest BCUT2D eigenvalue weighted by Crippen LogP contribution is -2.52. The summed E-state index contributed by atoms with van der Waals surface area (Å²) in [7, 11) is 1.81. The van der Waals surface area contributed by atoms with Crippen LogP contribution in [0.15, 0.2) is 36.5 Å². The number of nitrogens with one attached hydrogen (secondary N) is 1. The summed E-state index contributed by atoms with van der Waals surface area (Å²) in [4.78, 5) is 32.8. The Morgan fingerprint density at radius 3 is 2.87 bits per heavy atom. The molecule has 2 aliphatic heterocycles. The Hall–Kier alpha value is -2.80. The van der Waals surface area contributed by atoms with Gasteiger partial charge in [0.25, 0.3) is 0 Å². The number of nitrogens with zero attached hydrogens (tertiary/aromatic N) is 3. The van der Waals surface area contributed by atoms with Crippen LogP contribution in [-0.2, 0) is 9.59 Å². The maximum atomic E-state index is 14.7. The van der Waals surface area contributed by atoms with Crippen molar-refractivity contribution in [1.29, 1.82) is 0 Å². The average molecular weight is 425 g/mol. The molecule has 6 nitrogen and oxygen atoms in total. The molecule has 2 aromatic rings. The van der Waals surface area contributed by atoms with Gasteiger partial charge in [-0.25, -0.2) is 4.39 Å². The van der Waals surface area contributed by atoms with Gasteiger partial charge in [0.1, 0.15) is 5.82 Å². The Balaban J connectivity index is 1.60. The molecule has 0 unspecified atom stereocenters. The van der Waals surface area contributed by atoms with Crippen molar-refractivity contribution in [3.05, 3.63) is 48.0 Å². The number of amides is 2. The molecule has 1 aromatic heterocycles. The van der Waals surface area contributed by atoms with E-state index in [0.29, 0.717) is 37.1 Å². The number of rotatable bonds is 5. The van der Waals surface area contributed by atoms with E-state index >= 15 is 0 Å². The van der Waals surface area contributed by atoms with Crippen molar-refractivity contribution >= 4 is 17.5 Å². The van der Waals surface area contributed by atoms with Crippen LogP contribution in [0, 0.1) is 5.82 Å². The maximum absolute atomic E-state index is 14.7. The molecule has 2 atom stereocenters. The van der Waals surface area contributed by atoms with Crippen LogP contribution in [0.1, 0.15) is 51.3 Å². The normalized spacial score (nSPS) is 23.4. The molecule has 0 bridgehead atoms. The number of carbonyl (C=O) groups is 2. The molecule has 31 heavy (non-hydrogen) atoms. The lowest BCUT2D eigenvalue weighted by atomic mass is 9.98. The zero-order valence-corrected chi connectivity index (χ0v) is 18.3. The Morgan fingerprint density at radius 1 is 1.35 bits per heavy atom. The highest BCUT2D eigenvalue weighted by Gasteiger charge is 2.42. The molecule has 3 heterocycles. The van der Waals surface area contributed by atoms with Crippen molar-refractivity contribution in [3.63, 3.8) is 0 Å². The molecule has 2 aliphatic rings. The number of hydrogen-bond acceptors (Lipinski definition) is 4. The van der Waals surface area contributed by atoms with Gasteiger partial charge in [-0.2, -0.15) is 0 Å². The van der Waals surface area contributed by atoms with Crippen LogP contribution in [0.4, 0.5) is 10.1 Å². The standard InChI is InChI=1S/C24H29FN4O2/c1-4-28(3)23(31)24(2)11-9-20(27-24)21-14-16(10-12-26-21)18-15-17(7-8-19(18)25)29-13-5-6-22(29)30/h7-8,10,12,14-15,20,27H,4-6,9,11,13H2,1-3H3/t20-,24-/m1/s1. The first kappa shape index (κ1) is 21.4. The summed E-state index contributed by atoms with van der Waals surface area (Å²) in [6.07, 6.45) is 4.52. The maximum Gasteiger partial charge on any atom is 0.242 e. The molecule has 2 amide bonds. The third-order valence-corrected chi connectivity index (χ3v) is 6.50. The topological polar surface area (TPSA) is 65.5 Å². The first-order valence-corrected chi connectivity index (χ1v) is 10.9. The van der Waals surface area contributed by atoms with Gasteiger partial charge in [0.15, 0.2) is 0 Å². The van der Waals surface area contributed by atoms with E-state index in [0.717, 1.165) is 24.2 Å².